The first-order chi connectivity index (χ1) is 8.30. The van der Waals surface area contributed by atoms with Crippen molar-refractivity contribution in [3.63, 3.8) is 0 Å². The van der Waals surface area contributed by atoms with Crippen LogP contribution in [0.15, 0.2) is 18.2 Å². The van der Waals surface area contributed by atoms with E-state index in [0.717, 1.165) is 12.1 Å². The van der Waals surface area contributed by atoms with Gasteiger partial charge in [0.25, 0.3) is 0 Å². The van der Waals surface area contributed by atoms with Crippen LogP contribution in [0.5, 0.6) is 0 Å². The topological polar surface area (TPSA) is 32.3 Å². The van der Waals surface area contributed by atoms with Gasteiger partial charge in [-0.15, -0.1) is 0 Å². The third kappa shape index (κ3) is 2.81. The second kappa shape index (κ2) is 4.51. The van der Waals surface area contributed by atoms with E-state index in [1.807, 2.05) is 0 Å². The van der Waals surface area contributed by atoms with Crippen molar-refractivity contribution in [2.24, 2.45) is 0 Å². The van der Waals surface area contributed by atoms with Crippen molar-refractivity contribution in [2.45, 2.75) is 24.6 Å². The Morgan fingerprint density at radius 1 is 1.33 bits per heavy atom. The maximum absolute atomic E-state index is 12.9. The Balaban J connectivity index is 2.32. The molecule has 2 rings (SSSR count). The molecule has 2 N–H and O–H groups in total. The number of β-amino-alcohol motifs (C(OH)–C–C–N with tert-alkyl or cyclic N) is 1. The number of aliphatic hydroxyl groups is 1. The number of alkyl halides is 3. The molecule has 1 aromatic carbocycles. The molecule has 18 heavy (non-hydrogen) atoms. The van der Waals surface area contributed by atoms with Gasteiger partial charge in [0, 0.05) is 13.0 Å². The lowest BCUT2D eigenvalue weighted by Crippen LogP contribution is -2.34. The van der Waals surface area contributed by atoms with Gasteiger partial charge in [-0.05, 0) is 30.7 Å². The van der Waals surface area contributed by atoms with Crippen LogP contribution in [0.1, 0.15) is 17.5 Å². The summed E-state index contributed by atoms with van der Waals surface area (Å²) in [5.74, 6) is -0.928. The lowest BCUT2D eigenvalue weighted by atomic mass is 9.91. The second-order valence-electron chi connectivity index (χ2n) is 4.63. The van der Waals surface area contributed by atoms with Gasteiger partial charge in [-0.1, -0.05) is 6.07 Å². The standard InChI is InChI=1S/C12H13F4NO/c13-9-2-1-8(10(5-9)12(14,15)16)6-11(18)3-4-17-7-11/h1-2,5,17-18H,3-4,6-7H2. The zero-order valence-corrected chi connectivity index (χ0v) is 9.52. The highest BCUT2D eigenvalue weighted by atomic mass is 19.4. The lowest BCUT2D eigenvalue weighted by molar-refractivity contribution is -0.138. The molecule has 100 valence electrons. The number of hydrogen-bond donors (Lipinski definition) is 2. The number of nitrogens with one attached hydrogen (secondary N) is 1. The average molecular weight is 263 g/mol. The maximum Gasteiger partial charge on any atom is 0.416 e. The van der Waals surface area contributed by atoms with Gasteiger partial charge in [-0.3, -0.25) is 0 Å². The SMILES string of the molecule is OC1(Cc2ccc(F)cc2C(F)(F)F)CCNC1. The molecule has 1 aromatic rings. The molecular formula is C12H13F4NO. The van der Waals surface area contributed by atoms with E-state index >= 15 is 0 Å². The van der Waals surface area contributed by atoms with Gasteiger partial charge in [0.15, 0.2) is 0 Å². The van der Waals surface area contributed by atoms with Gasteiger partial charge in [0.1, 0.15) is 5.82 Å². The fourth-order valence-electron chi connectivity index (χ4n) is 2.20. The molecule has 0 bridgehead atoms. The van der Waals surface area contributed by atoms with Gasteiger partial charge in [0.2, 0.25) is 0 Å². The first kappa shape index (κ1) is 13.3. The van der Waals surface area contributed by atoms with Crippen molar-refractivity contribution < 1.29 is 22.7 Å². The predicted molar refractivity (Wildman–Crippen MR) is 57.5 cm³/mol. The monoisotopic (exact) mass is 263 g/mol. The molecule has 0 amide bonds. The molecule has 6 heteroatoms. The van der Waals surface area contributed by atoms with Crippen LogP contribution in [0.3, 0.4) is 0 Å². The fraction of sp³-hybridized carbons (Fsp3) is 0.500. The van der Waals surface area contributed by atoms with Crippen molar-refractivity contribution in [3.8, 4) is 0 Å². The van der Waals surface area contributed by atoms with Crippen LogP contribution in [-0.2, 0) is 12.6 Å². The van der Waals surface area contributed by atoms with Crippen molar-refractivity contribution in [1.29, 1.82) is 0 Å². The van der Waals surface area contributed by atoms with Crippen molar-refractivity contribution in [3.05, 3.63) is 35.1 Å². The van der Waals surface area contributed by atoms with Crippen LogP contribution in [-0.4, -0.2) is 23.8 Å². The Morgan fingerprint density at radius 2 is 2.06 bits per heavy atom. The minimum atomic E-state index is -4.61. The zero-order chi connectivity index (χ0) is 13.4. The molecule has 0 radical (unpaired) electrons. The van der Waals surface area contributed by atoms with E-state index in [4.69, 9.17) is 0 Å². The average Bonchev–Trinajstić information content (AvgIpc) is 2.66. The summed E-state index contributed by atoms with van der Waals surface area (Å²) in [6, 6.07) is 2.55. The van der Waals surface area contributed by atoms with E-state index in [1.54, 1.807) is 0 Å². The van der Waals surface area contributed by atoms with Gasteiger partial charge in [-0.2, -0.15) is 13.2 Å². The number of rotatable bonds is 2. The number of halogens is 4. The molecule has 1 aliphatic heterocycles. The minimum absolute atomic E-state index is 0.0740. The van der Waals surface area contributed by atoms with Crippen LogP contribution in [0.2, 0.25) is 0 Å². The van der Waals surface area contributed by atoms with E-state index in [1.165, 1.54) is 0 Å². The summed E-state index contributed by atoms with van der Waals surface area (Å²) in [6.07, 6.45) is -4.35. The molecule has 1 aliphatic rings. The van der Waals surface area contributed by atoms with E-state index < -0.39 is 23.2 Å². The highest BCUT2D eigenvalue weighted by Crippen LogP contribution is 2.34. The molecule has 0 saturated carbocycles. The van der Waals surface area contributed by atoms with Crippen molar-refractivity contribution in [2.75, 3.05) is 13.1 Å². The number of benzene rings is 1. The largest absolute Gasteiger partial charge is 0.416 e. The normalized spacial score (nSPS) is 24.5. The smallest absolute Gasteiger partial charge is 0.388 e. The summed E-state index contributed by atoms with van der Waals surface area (Å²) in [7, 11) is 0. The van der Waals surface area contributed by atoms with Crippen LogP contribution >= 0.6 is 0 Å². The molecule has 1 saturated heterocycles. The molecule has 0 aromatic heterocycles. The summed E-state index contributed by atoms with van der Waals surface area (Å²) < 4.78 is 51.2. The van der Waals surface area contributed by atoms with Gasteiger partial charge < -0.3 is 10.4 Å². The van der Waals surface area contributed by atoms with Crippen LogP contribution < -0.4 is 5.32 Å². The molecule has 1 unspecified atom stereocenters. The predicted octanol–water partition coefficient (Wildman–Crippen LogP) is 2.11. The molecule has 1 fully saturated rings. The Hall–Kier alpha value is -1.14. The minimum Gasteiger partial charge on any atom is -0.388 e. The lowest BCUT2D eigenvalue weighted by Gasteiger charge is -2.23. The summed E-state index contributed by atoms with van der Waals surface area (Å²) in [5, 5.41) is 13.0. The highest BCUT2D eigenvalue weighted by Gasteiger charge is 2.38. The highest BCUT2D eigenvalue weighted by molar-refractivity contribution is 5.32. The van der Waals surface area contributed by atoms with Crippen molar-refractivity contribution in [1.82, 2.24) is 5.32 Å². The third-order valence-corrected chi connectivity index (χ3v) is 3.12. The van der Waals surface area contributed by atoms with Gasteiger partial charge >= 0.3 is 6.18 Å². The Morgan fingerprint density at radius 3 is 2.61 bits per heavy atom. The Kier molecular flexibility index (Phi) is 3.33. The van der Waals surface area contributed by atoms with Crippen molar-refractivity contribution >= 4 is 0 Å². The van der Waals surface area contributed by atoms with Crippen LogP contribution in [0.25, 0.3) is 0 Å². The quantitative estimate of drug-likeness (QED) is 0.801. The zero-order valence-electron chi connectivity index (χ0n) is 9.52. The molecule has 0 aliphatic carbocycles. The first-order valence-corrected chi connectivity index (χ1v) is 5.59. The third-order valence-electron chi connectivity index (χ3n) is 3.12. The molecular weight excluding hydrogens is 250 g/mol. The van der Waals surface area contributed by atoms with E-state index in [-0.39, 0.29) is 18.5 Å². The van der Waals surface area contributed by atoms with Gasteiger partial charge in [0.05, 0.1) is 11.2 Å². The number of hydrogen-bond acceptors (Lipinski definition) is 2. The molecule has 2 nitrogen and oxygen atoms in total. The molecule has 1 atom stereocenters. The Bertz CT molecular complexity index is 438. The van der Waals surface area contributed by atoms with Crippen LogP contribution in [0, 0.1) is 5.82 Å². The first-order valence-electron chi connectivity index (χ1n) is 5.59. The summed E-state index contributed by atoms with van der Waals surface area (Å²) >= 11 is 0. The summed E-state index contributed by atoms with van der Waals surface area (Å²) in [4.78, 5) is 0. The van der Waals surface area contributed by atoms with E-state index in [2.05, 4.69) is 5.32 Å². The summed E-state index contributed by atoms with van der Waals surface area (Å²) in [5.41, 5.74) is -2.27. The van der Waals surface area contributed by atoms with Gasteiger partial charge in [-0.25, -0.2) is 4.39 Å². The molecule has 1 heterocycles. The fourth-order valence-corrected chi connectivity index (χ4v) is 2.20. The molecule has 0 spiro atoms. The maximum atomic E-state index is 12.9. The van der Waals surface area contributed by atoms with E-state index in [9.17, 15) is 22.7 Å². The summed E-state index contributed by atoms with van der Waals surface area (Å²) in [6.45, 7) is 0.820. The Labute approximate surface area is 102 Å². The van der Waals surface area contributed by atoms with Crippen LogP contribution in [0.4, 0.5) is 17.6 Å². The second-order valence-corrected chi connectivity index (χ2v) is 4.63. The van der Waals surface area contributed by atoms with E-state index in [0.29, 0.717) is 19.0 Å².